The predicted octanol–water partition coefficient (Wildman–Crippen LogP) is 3.83. The molecular weight excluding hydrogens is 342 g/mol. The molecule has 1 aliphatic heterocycles. The van der Waals surface area contributed by atoms with Gasteiger partial charge in [-0.05, 0) is 63.7 Å². The highest BCUT2D eigenvalue weighted by atomic mass is 28.4. The van der Waals surface area contributed by atoms with Crippen LogP contribution in [-0.4, -0.2) is 78.9 Å². The molecule has 0 aliphatic carbocycles. The third-order valence-electron chi connectivity index (χ3n) is 6.38. The topological polar surface area (TPSA) is 27.7 Å². The number of hydrogen-bond acceptors (Lipinski definition) is 4. The lowest BCUT2D eigenvalue weighted by Crippen LogP contribution is -2.50. The quantitative estimate of drug-likeness (QED) is 0.384. The smallest absolute Gasteiger partial charge is 0.186 e. The van der Waals surface area contributed by atoms with Crippen molar-refractivity contribution in [3.8, 4) is 0 Å². The van der Waals surface area contributed by atoms with Gasteiger partial charge >= 0.3 is 0 Å². The summed E-state index contributed by atoms with van der Waals surface area (Å²) in [5.41, 5.74) is 0. The van der Waals surface area contributed by atoms with Gasteiger partial charge in [0.1, 0.15) is 8.24 Å². The van der Waals surface area contributed by atoms with Crippen LogP contribution < -0.4 is 5.32 Å². The van der Waals surface area contributed by atoms with Crippen molar-refractivity contribution >= 4 is 16.6 Å². The highest BCUT2D eigenvalue weighted by Crippen LogP contribution is 2.24. The second-order valence-electron chi connectivity index (χ2n) is 8.36. The fraction of sp³-hybridized carbons (Fsp3) is 1.00. The third kappa shape index (κ3) is 8.22. The molecule has 6 heteroatoms. The summed E-state index contributed by atoms with van der Waals surface area (Å²) in [6.07, 6.45) is 2.50. The average Bonchev–Trinajstić information content (AvgIpc) is 2.61. The molecular formula is C19H45N3OSi2. The van der Waals surface area contributed by atoms with Crippen LogP contribution in [0.3, 0.4) is 0 Å². The minimum Gasteiger partial charge on any atom is -0.417 e. The Bertz CT molecular complexity index is 337. The van der Waals surface area contributed by atoms with Crippen LogP contribution in [0.1, 0.15) is 33.6 Å². The first kappa shape index (κ1) is 23.3. The van der Waals surface area contributed by atoms with E-state index in [2.05, 4.69) is 55.7 Å². The van der Waals surface area contributed by atoms with Gasteiger partial charge in [0.05, 0.1) is 0 Å². The molecule has 25 heavy (non-hydrogen) atoms. The summed E-state index contributed by atoms with van der Waals surface area (Å²) in [5.74, 6) is 0. The monoisotopic (exact) mass is 387 g/mol. The standard InChI is InChI=1S/C19H45N3OSi2/c1-7-25(8-2,9-3)21(4)14-11-19-24(5,6)23-18-10-15-22-16-12-20-13-17-22/h20H,7-19H2,1-6H3. The van der Waals surface area contributed by atoms with Gasteiger partial charge in [-0.3, -0.25) is 0 Å². The van der Waals surface area contributed by atoms with Gasteiger partial charge in [-0.25, -0.2) is 0 Å². The summed E-state index contributed by atoms with van der Waals surface area (Å²) in [5, 5.41) is 3.42. The molecule has 0 unspecified atom stereocenters. The number of nitrogens with one attached hydrogen (secondary N) is 1. The van der Waals surface area contributed by atoms with Gasteiger partial charge in [0.2, 0.25) is 0 Å². The number of rotatable bonds is 13. The summed E-state index contributed by atoms with van der Waals surface area (Å²) >= 11 is 0. The van der Waals surface area contributed by atoms with Crippen LogP contribution in [-0.2, 0) is 4.43 Å². The molecule has 1 fully saturated rings. The SMILES string of the molecule is CC[Si](CC)(CC)N(C)CCC[Si](C)(C)OCCCN1CCNCC1. The van der Waals surface area contributed by atoms with Gasteiger partial charge in [0, 0.05) is 39.3 Å². The zero-order valence-electron chi connectivity index (χ0n) is 18.0. The maximum absolute atomic E-state index is 6.36. The molecule has 0 radical (unpaired) electrons. The van der Waals surface area contributed by atoms with Gasteiger partial charge in [0.15, 0.2) is 8.32 Å². The van der Waals surface area contributed by atoms with Crippen molar-refractivity contribution < 1.29 is 4.43 Å². The lowest BCUT2D eigenvalue weighted by atomic mass is 10.3. The Labute approximate surface area is 159 Å². The van der Waals surface area contributed by atoms with Crippen molar-refractivity contribution in [2.45, 2.75) is 70.9 Å². The molecule has 0 aromatic heterocycles. The number of hydrogen-bond donors (Lipinski definition) is 1. The van der Waals surface area contributed by atoms with Crippen molar-refractivity contribution in [1.29, 1.82) is 0 Å². The maximum Gasteiger partial charge on any atom is 0.186 e. The van der Waals surface area contributed by atoms with Crippen LogP contribution in [0.4, 0.5) is 0 Å². The van der Waals surface area contributed by atoms with Gasteiger partial charge in [0.25, 0.3) is 0 Å². The molecule has 4 nitrogen and oxygen atoms in total. The molecule has 1 N–H and O–H groups in total. The molecule has 150 valence electrons. The summed E-state index contributed by atoms with van der Waals surface area (Å²) in [7, 11) is -0.278. The van der Waals surface area contributed by atoms with Crippen molar-refractivity contribution in [3.63, 3.8) is 0 Å². The Kier molecular flexibility index (Phi) is 11.1. The molecule has 0 saturated carbocycles. The van der Waals surface area contributed by atoms with Crippen molar-refractivity contribution in [2.75, 3.05) is 52.9 Å². The lowest BCUT2D eigenvalue weighted by molar-refractivity contribution is 0.211. The molecule has 0 aromatic rings. The van der Waals surface area contributed by atoms with Crippen LogP contribution in [0.5, 0.6) is 0 Å². The molecule has 1 rings (SSSR count). The summed E-state index contributed by atoms with van der Waals surface area (Å²) in [4.78, 5) is 2.56. The lowest BCUT2D eigenvalue weighted by Gasteiger charge is -2.38. The van der Waals surface area contributed by atoms with Crippen LogP contribution in [0.15, 0.2) is 0 Å². The fourth-order valence-electron chi connectivity index (χ4n) is 4.18. The maximum atomic E-state index is 6.36. The Morgan fingerprint density at radius 1 is 1.00 bits per heavy atom. The zero-order valence-corrected chi connectivity index (χ0v) is 20.0. The summed E-state index contributed by atoms with van der Waals surface area (Å²) in [6, 6.07) is 5.46. The second-order valence-corrected chi connectivity index (χ2v) is 18.0. The van der Waals surface area contributed by atoms with Crippen LogP contribution in [0.25, 0.3) is 0 Å². The van der Waals surface area contributed by atoms with E-state index in [0.717, 1.165) is 19.7 Å². The molecule has 1 saturated heterocycles. The number of nitrogens with zero attached hydrogens (tertiary/aromatic N) is 2. The Morgan fingerprint density at radius 3 is 2.16 bits per heavy atom. The third-order valence-corrected chi connectivity index (χ3v) is 14.7. The van der Waals surface area contributed by atoms with E-state index in [0.29, 0.717) is 0 Å². The van der Waals surface area contributed by atoms with Gasteiger partial charge in [-0.15, -0.1) is 0 Å². The van der Waals surface area contributed by atoms with E-state index >= 15 is 0 Å². The molecule has 0 spiro atoms. The predicted molar refractivity (Wildman–Crippen MR) is 117 cm³/mol. The normalized spacial score (nSPS) is 17.4. The van der Waals surface area contributed by atoms with Gasteiger partial charge < -0.3 is 19.2 Å². The Morgan fingerprint density at radius 2 is 1.60 bits per heavy atom. The highest BCUT2D eigenvalue weighted by molar-refractivity contribution is 6.77. The summed E-state index contributed by atoms with van der Waals surface area (Å²) < 4.78 is 9.11. The molecule has 0 aromatic carbocycles. The minimum atomic E-state index is -1.49. The molecule has 0 atom stereocenters. The van der Waals surface area contributed by atoms with E-state index in [-0.39, 0.29) is 0 Å². The summed E-state index contributed by atoms with van der Waals surface area (Å²) in [6.45, 7) is 20.1. The first-order chi connectivity index (χ1) is 11.9. The zero-order chi connectivity index (χ0) is 18.8. The average molecular weight is 388 g/mol. The molecule has 1 heterocycles. The second kappa shape index (κ2) is 11.9. The van der Waals surface area contributed by atoms with Crippen molar-refractivity contribution in [3.05, 3.63) is 0 Å². The minimum absolute atomic E-state index is 0.955. The fourth-order valence-corrected chi connectivity index (χ4v) is 9.79. The van der Waals surface area contributed by atoms with E-state index in [4.69, 9.17) is 4.43 Å². The molecule has 0 bridgehead atoms. The largest absolute Gasteiger partial charge is 0.417 e. The van der Waals surface area contributed by atoms with E-state index < -0.39 is 16.6 Å². The Balaban J connectivity index is 2.21. The van der Waals surface area contributed by atoms with Crippen LogP contribution in [0.2, 0.25) is 37.3 Å². The van der Waals surface area contributed by atoms with E-state index in [1.165, 1.54) is 63.2 Å². The number of piperazine rings is 1. The first-order valence-electron chi connectivity index (χ1n) is 10.7. The van der Waals surface area contributed by atoms with E-state index in [1.54, 1.807) is 0 Å². The van der Waals surface area contributed by atoms with Crippen molar-refractivity contribution in [2.24, 2.45) is 0 Å². The van der Waals surface area contributed by atoms with Crippen LogP contribution in [0, 0.1) is 0 Å². The molecule has 1 aliphatic rings. The van der Waals surface area contributed by atoms with Crippen molar-refractivity contribution in [1.82, 2.24) is 14.8 Å². The first-order valence-corrected chi connectivity index (χ1v) is 16.4. The highest BCUT2D eigenvalue weighted by Gasteiger charge is 2.32. The molecule has 0 amide bonds. The van der Waals surface area contributed by atoms with E-state index in [1.807, 2.05) is 0 Å². The van der Waals surface area contributed by atoms with Gasteiger partial charge in [-0.2, -0.15) is 0 Å². The van der Waals surface area contributed by atoms with E-state index in [9.17, 15) is 0 Å². The Hall–Kier alpha value is 0.274. The van der Waals surface area contributed by atoms with Gasteiger partial charge in [-0.1, -0.05) is 20.8 Å². The van der Waals surface area contributed by atoms with Crippen LogP contribution >= 0.6 is 0 Å².